The van der Waals surface area contributed by atoms with E-state index in [1.807, 2.05) is 0 Å². The second-order valence-electron chi connectivity index (χ2n) is 5.21. The number of nitrogens with zero attached hydrogens (tertiary/aromatic N) is 1. The third-order valence-electron chi connectivity index (χ3n) is 3.71. The van der Waals surface area contributed by atoms with Crippen LogP contribution in [0.3, 0.4) is 0 Å². The van der Waals surface area contributed by atoms with Crippen LogP contribution < -0.4 is 16.6 Å². The minimum absolute atomic E-state index is 0.0741. The highest BCUT2D eigenvalue weighted by atomic mass is 16.2. The molecule has 5 N–H and O–H groups in total. The van der Waals surface area contributed by atoms with Gasteiger partial charge >= 0.3 is 7.48 Å². The third kappa shape index (κ3) is 4.06. The van der Waals surface area contributed by atoms with Crippen LogP contribution in [-0.4, -0.2) is 48.3 Å². The molecule has 1 heterocycles. The number of amides is 2. The Bertz CT molecular complexity index is 523. The number of hydrogen-bond acceptors (Lipinski definition) is 5. The van der Waals surface area contributed by atoms with Crippen LogP contribution in [-0.2, 0) is 11.3 Å². The minimum Gasteiger partial charge on any atom is -0.452 e. The molecule has 0 spiro atoms. The Hall–Kier alpha value is -1.90. The fraction of sp³-hybridized carbons (Fsp3) is 0.429. The molecule has 0 aliphatic carbocycles. The van der Waals surface area contributed by atoms with Gasteiger partial charge in [0, 0.05) is 24.6 Å². The first-order valence-electron chi connectivity index (χ1n) is 7.23. The van der Waals surface area contributed by atoms with Gasteiger partial charge in [-0.3, -0.25) is 20.9 Å². The van der Waals surface area contributed by atoms with Gasteiger partial charge in [0.25, 0.3) is 5.91 Å². The lowest BCUT2D eigenvalue weighted by Crippen LogP contribution is -2.44. The third-order valence-corrected chi connectivity index (χ3v) is 3.71. The van der Waals surface area contributed by atoms with Crippen LogP contribution >= 0.6 is 0 Å². The fourth-order valence-electron chi connectivity index (χ4n) is 2.51. The maximum absolute atomic E-state index is 12.0. The van der Waals surface area contributed by atoms with E-state index in [1.165, 1.54) is 0 Å². The predicted octanol–water partition coefficient (Wildman–Crippen LogP) is -1.06. The van der Waals surface area contributed by atoms with Crippen LogP contribution in [0, 0.1) is 0 Å². The molecule has 8 heteroatoms. The Balaban J connectivity index is 1.85. The maximum atomic E-state index is 12.0. The van der Waals surface area contributed by atoms with Gasteiger partial charge in [-0.15, -0.1) is 0 Å². The van der Waals surface area contributed by atoms with Crippen molar-refractivity contribution in [3.05, 3.63) is 35.4 Å². The van der Waals surface area contributed by atoms with E-state index in [1.54, 1.807) is 29.2 Å². The minimum atomic E-state index is -0.302. The zero-order valence-corrected chi connectivity index (χ0v) is 12.3. The van der Waals surface area contributed by atoms with Crippen molar-refractivity contribution in [2.75, 3.05) is 13.1 Å². The summed E-state index contributed by atoms with van der Waals surface area (Å²) in [6.07, 6.45) is 1.62. The monoisotopic (exact) mass is 303 g/mol. The summed E-state index contributed by atoms with van der Waals surface area (Å²) in [5.74, 6) is 4.50. The zero-order chi connectivity index (χ0) is 15.9. The largest absolute Gasteiger partial charge is 0.452 e. The Morgan fingerprint density at radius 3 is 2.73 bits per heavy atom. The van der Waals surface area contributed by atoms with Gasteiger partial charge in [0.2, 0.25) is 5.91 Å². The zero-order valence-electron chi connectivity index (χ0n) is 12.3. The Labute approximate surface area is 130 Å². The topological polar surface area (TPSA) is 108 Å². The smallest absolute Gasteiger partial charge is 0.312 e. The predicted molar refractivity (Wildman–Crippen MR) is 82.5 cm³/mol. The number of nitrogens with one attached hydrogen (secondary N) is 2. The summed E-state index contributed by atoms with van der Waals surface area (Å²) in [6.45, 7) is 1.06. The molecule has 1 fully saturated rings. The summed E-state index contributed by atoms with van der Waals surface area (Å²) in [5, 5.41) is 11.7. The fourth-order valence-corrected chi connectivity index (χ4v) is 2.51. The van der Waals surface area contributed by atoms with E-state index in [9.17, 15) is 9.59 Å². The van der Waals surface area contributed by atoms with Crippen LogP contribution in [0.5, 0.6) is 0 Å². The first-order chi connectivity index (χ1) is 10.7. The normalized spacial score (nSPS) is 17.4. The molecule has 1 unspecified atom stereocenters. The Kier molecular flexibility index (Phi) is 5.94. The van der Waals surface area contributed by atoms with Gasteiger partial charge in [0.05, 0.1) is 6.54 Å². The molecular weight excluding hydrogens is 283 g/mol. The number of carbonyl (C=O) groups is 2. The van der Waals surface area contributed by atoms with Gasteiger partial charge in [0.15, 0.2) is 0 Å². The van der Waals surface area contributed by atoms with Crippen LogP contribution in [0.4, 0.5) is 0 Å². The van der Waals surface area contributed by atoms with Crippen molar-refractivity contribution in [3.63, 3.8) is 0 Å². The first-order valence-corrected chi connectivity index (χ1v) is 7.23. The lowest BCUT2D eigenvalue weighted by atomic mass is 9.86. The van der Waals surface area contributed by atoms with Gasteiger partial charge in [0.1, 0.15) is 0 Å². The van der Waals surface area contributed by atoms with E-state index in [-0.39, 0.29) is 24.3 Å². The van der Waals surface area contributed by atoms with Crippen molar-refractivity contribution in [2.24, 2.45) is 5.84 Å². The maximum Gasteiger partial charge on any atom is 0.312 e. The molecular formula is C14H20BN4O3. The molecule has 2 rings (SSSR count). The second kappa shape index (κ2) is 7.93. The molecule has 1 aliphatic rings. The molecule has 1 atom stereocenters. The summed E-state index contributed by atoms with van der Waals surface area (Å²) < 4.78 is 0. The van der Waals surface area contributed by atoms with Gasteiger partial charge in [-0.25, -0.2) is 0 Å². The molecule has 1 radical (unpaired) electrons. The van der Waals surface area contributed by atoms with Crippen LogP contribution in [0.15, 0.2) is 24.3 Å². The molecule has 22 heavy (non-hydrogen) atoms. The number of rotatable bonds is 6. The summed E-state index contributed by atoms with van der Waals surface area (Å²) in [6, 6.07) is 6.97. The van der Waals surface area contributed by atoms with Crippen molar-refractivity contribution in [2.45, 2.75) is 25.3 Å². The highest BCUT2D eigenvalue weighted by molar-refractivity contribution is 6.28. The van der Waals surface area contributed by atoms with Gasteiger partial charge < -0.3 is 15.2 Å². The summed E-state index contributed by atoms with van der Waals surface area (Å²) in [5.41, 5.74) is 3.99. The quantitative estimate of drug-likeness (QED) is 0.304. The molecule has 0 saturated carbocycles. The van der Waals surface area contributed by atoms with Crippen LogP contribution in [0.25, 0.3) is 0 Å². The molecule has 1 saturated heterocycles. The second-order valence-corrected chi connectivity index (χ2v) is 5.21. The standard InChI is InChI=1S/C14H20BN4O3/c16-18-8-10-3-5-11(6-4-10)14(21)17-9-13(20)19-7-1-2-12(19)15-22/h3-6,12,18,22H,1-2,7-9,16H2,(H,17,21). The highest BCUT2D eigenvalue weighted by Gasteiger charge is 2.28. The number of benzene rings is 1. The van der Waals surface area contributed by atoms with Crippen molar-refractivity contribution in [1.82, 2.24) is 15.6 Å². The van der Waals surface area contributed by atoms with E-state index in [0.717, 1.165) is 25.9 Å². The molecule has 7 nitrogen and oxygen atoms in total. The SMILES string of the molecule is NNCc1ccc(C(=O)NCC(=O)N2CCCC2[B]O)cc1. The molecule has 0 bridgehead atoms. The number of nitrogens with two attached hydrogens (primary N) is 1. The average molecular weight is 303 g/mol. The van der Waals surface area contributed by atoms with E-state index >= 15 is 0 Å². The Morgan fingerprint density at radius 2 is 2.09 bits per heavy atom. The van der Waals surface area contributed by atoms with E-state index in [0.29, 0.717) is 18.7 Å². The van der Waals surface area contributed by atoms with Crippen molar-refractivity contribution < 1.29 is 14.6 Å². The van der Waals surface area contributed by atoms with Gasteiger partial charge in [-0.05, 0) is 30.5 Å². The first kappa shape index (κ1) is 16.5. The van der Waals surface area contributed by atoms with E-state index < -0.39 is 0 Å². The molecule has 0 aromatic heterocycles. The average Bonchev–Trinajstić information content (AvgIpc) is 3.02. The van der Waals surface area contributed by atoms with Gasteiger partial charge in [-0.2, -0.15) is 0 Å². The number of hydrazine groups is 1. The number of likely N-dealkylation sites (tertiary alicyclic amines) is 1. The number of hydrogen-bond donors (Lipinski definition) is 4. The molecule has 117 valence electrons. The van der Waals surface area contributed by atoms with Crippen LogP contribution in [0.2, 0.25) is 0 Å². The van der Waals surface area contributed by atoms with Gasteiger partial charge in [-0.1, -0.05) is 12.1 Å². The summed E-state index contributed by atoms with van der Waals surface area (Å²) in [4.78, 5) is 25.6. The molecule has 2 amide bonds. The van der Waals surface area contributed by atoms with Crippen molar-refractivity contribution in [1.29, 1.82) is 0 Å². The van der Waals surface area contributed by atoms with E-state index in [2.05, 4.69) is 10.7 Å². The summed E-state index contributed by atoms with van der Waals surface area (Å²) >= 11 is 0. The molecule has 1 aliphatic heterocycles. The van der Waals surface area contributed by atoms with Crippen molar-refractivity contribution in [3.8, 4) is 0 Å². The molecule has 1 aromatic rings. The Morgan fingerprint density at radius 1 is 1.36 bits per heavy atom. The van der Waals surface area contributed by atoms with Crippen LogP contribution in [0.1, 0.15) is 28.8 Å². The summed E-state index contributed by atoms with van der Waals surface area (Å²) in [7, 11) is 1.04. The van der Waals surface area contributed by atoms with Crippen molar-refractivity contribution >= 4 is 19.3 Å². The lowest BCUT2D eigenvalue weighted by Gasteiger charge is -2.22. The number of carbonyl (C=O) groups excluding carboxylic acids is 2. The molecule has 1 aromatic carbocycles. The van der Waals surface area contributed by atoms with E-state index in [4.69, 9.17) is 10.9 Å². The highest BCUT2D eigenvalue weighted by Crippen LogP contribution is 2.15. The lowest BCUT2D eigenvalue weighted by molar-refractivity contribution is -0.129.